The van der Waals surface area contributed by atoms with Gasteiger partial charge in [0.25, 0.3) is 0 Å². The minimum absolute atomic E-state index is 0.0149. The van der Waals surface area contributed by atoms with Crippen molar-refractivity contribution in [2.24, 2.45) is 0 Å². The topological polar surface area (TPSA) is 74.6 Å². The number of ketones is 1. The van der Waals surface area contributed by atoms with Gasteiger partial charge in [-0.05, 0) is 37.1 Å². The molecule has 0 radical (unpaired) electrons. The van der Waals surface area contributed by atoms with E-state index in [1.165, 1.54) is 0 Å². The largest absolute Gasteiger partial charge is 0.507 e. The van der Waals surface area contributed by atoms with Crippen LogP contribution in [0.3, 0.4) is 0 Å². The lowest BCUT2D eigenvalue weighted by atomic mass is 10.0. The first-order chi connectivity index (χ1) is 7.41. The van der Waals surface area contributed by atoms with Crippen molar-refractivity contribution in [3.8, 4) is 5.75 Å². The molecule has 0 fully saturated rings. The molecule has 0 aliphatic carbocycles. The Morgan fingerprint density at radius 3 is 2.06 bits per heavy atom. The standard InChI is InChI=1S/C12H14O4/c1-7-5-9(6-8(2)12(7)16)10(13)3-4-11(14)15/h5-6,16H,3-4H2,1-2H3,(H,14,15). The monoisotopic (exact) mass is 222 g/mol. The summed E-state index contributed by atoms with van der Waals surface area (Å²) in [5, 5.41) is 18.0. The second-order valence-corrected chi connectivity index (χ2v) is 3.78. The summed E-state index contributed by atoms with van der Waals surface area (Å²) < 4.78 is 0. The smallest absolute Gasteiger partial charge is 0.303 e. The lowest BCUT2D eigenvalue weighted by Gasteiger charge is -2.06. The van der Waals surface area contributed by atoms with Crippen LogP contribution in [0.5, 0.6) is 5.75 Å². The lowest BCUT2D eigenvalue weighted by Crippen LogP contribution is -2.04. The number of carboxylic acids is 1. The van der Waals surface area contributed by atoms with Crippen molar-refractivity contribution in [2.75, 3.05) is 0 Å². The van der Waals surface area contributed by atoms with E-state index >= 15 is 0 Å². The molecule has 0 unspecified atom stereocenters. The number of phenolic OH excluding ortho intramolecular Hbond substituents is 1. The molecule has 0 heterocycles. The van der Waals surface area contributed by atoms with E-state index in [2.05, 4.69) is 0 Å². The number of aryl methyl sites for hydroxylation is 2. The quantitative estimate of drug-likeness (QED) is 0.764. The van der Waals surface area contributed by atoms with Gasteiger partial charge in [0.2, 0.25) is 0 Å². The van der Waals surface area contributed by atoms with E-state index in [4.69, 9.17) is 5.11 Å². The van der Waals surface area contributed by atoms with Crippen molar-refractivity contribution in [1.29, 1.82) is 0 Å². The fraction of sp³-hybridized carbons (Fsp3) is 0.333. The summed E-state index contributed by atoms with van der Waals surface area (Å²) in [6.07, 6.45) is -0.184. The van der Waals surface area contributed by atoms with E-state index in [0.717, 1.165) is 0 Å². The Bertz CT molecular complexity index is 412. The summed E-state index contributed by atoms with van der Waals surface area (Å²) in [5.41, 5.74) is 1.70. The van der Waals surface area contributed by atoms with Crippen LogP contribution in [-0.2, 0) is 4.79 Å². The van der Waals surface area contributed by atoms with E-state index in [1.54, 1.807) is 26.0 Å². The predicted octanol–water partition coefficient (Wildman–Crippen LogP) is 2.06. The van der Waals surface area contributed by atoms with Gasteiger partial charge in [0.05, 0.1) is 6.42 Å². The van der Waals surface area contributed by atoms with Gasteiger partial charge in [-0.15, -0.1) is 0 Å². The van der Waals surface area contributed by atoms with Gasteiger partial charge in [-0.1, -0.05) is 0 Å². The van der Waals surface area contributed by atoms with Crippen molar-refractivity contribution in [3.63, 3.8) is 0 Å². The number of aromatic hydroxyl groups is 1. The highest BCUT2D eigenvalue weighted by atomic mass is 16.4. The molecule has 1 aromatic rings. The summed E-state index contributed by atoms with van der Waals surface area (Å²) in [4.78, 5) is 22.0. The molecule has 0 saturated carbocycles. The van der Waals surface area contributed by atoms with Crippen LogP contribution in [0.4, 0.5) is 0 Å². The Balaban J connectivity index is 2.88. The van der Waals surface area contributed by atoms with Crippen molar-refractivity contribution in [3.05, 3.63) is 28.8 Å². The summed E-state index contributed by atoms with van der Waals surface area (Å²) in [6, 6.07) is 3.15. The first-order valence-electron chi connectivity index (χ1n) is 4.97. The van der Waals surface area contributed by atoms with E-state index in [0.29, 0.717) is 16.7 Å². The highest BCUT2D eigenvalue weighted by molar-refractivity contribution is 5.98. The Morgan fingerprint density at radius 1 is 1.12 bits per heavy atom. The summed E-state index contributed by atoms with van der Waals surface area (Å²) in [6.45, 7) is 3.41. The van der Waals surface area contributed by atoms with Crippen LogP contribution in [0.25, 0.3) is 0 Å². The zero-order valence-electron chi connectivity index (χ0n) is 9.28. The Labute approximate surface area is 93.5 Å². The summed E-state index contributed by atoms with van der Waals surface area (Å²) in [7, 11) is 0. The fourth-order valence-corrected chi connectivity index (χ4v) is 1.48. The molecule has 16 heavy (non-hydrogen) atoms. The molecule has 0 amide bonds. The number of Topliss-reactive ketones (excluding diaryl/α,β-unsaturated/α-hetero) is 1. The number of carbonyl (C=O) groups is 2. The van der Waals surface area contributed by atoms with Gasteiger partial charge in [-0.25, -0.2) is 0 Å². The van der Waals surface area contributed by atoms with Gasteiger partial charge in [0.1, 0.15) is 5.75 Å². The zero-order valence-corrected chi connectivity index (χ0v) is 9.28. The molecular formula is C12H14O4. The van der Waals surface area contributed by atoms with Crippen LogP contribution in [0.2, 0.25) is 0 Å². The van der Waals surface area contributed by atoms with E-state index in [1.807, 2.05) is 0 Å². The van der Waals surface area contributed by atoms with Gasteiger partial charge in [0, 0.05) is 12.0 Å². The molecule has 1 rings (SSSR count). The maximum atomic E-state index is 11.6. The normalized spacial score (nSPS) is 10.1. The van der Waals surface area contributed by atoms with Crippen molar-refractivity contribution in [1.82, 2.24) is 0 Å². The number of carbonyl (C=O) groups excluding carboxylic acids is 1. The number of benzene rings is 1. The summed E-state index contributed by atoms with van der Waals surface area (Å²) in [5.74, 6) is -1.02. The molecule has 0 bridgehead atoms. The Kier molecular flexibility index (Phi) is 3.66. The molecule has 0 aromatic heterocycles. The first-order valence-corrected chi connectivity index (χ1v) is 4.97. The maximum Gasteiger partial charge on any atom is 0.303 e. The van der Waals surface area contributed by atoms with Crippen LogP contribution in [0.15, 0.2) is 12.1 Å². The molecule has 0 aliphatic rings. The molecule has 2 N–H and O–H groups in total. The van der Waals surface area contributed by atoms with Crippen LogP contribution in [-0.4, -0.2) is 22.0 Å². The number of hydrogen-bond donors (Lipinski definition) is 2. The van der Waals surface area contributed by atoms with Crippen LogP contribution >= 0.6 is 0 Å². The molecule has 0 aliphatic heterocycles. The number of hydrogen-bond acceptors (Lipinski definition) is 3. The molecule has 0 atom stereocenters. The average molecular weight is 222 g/mol. The highest BCUT2D eigenvalue weighted by Crippen LogP contribution is 2.23. The van der Waals surface area contributed by atoms with E-state index < -0.39 is 5.97 Å². The summed E-state index contributed by atoms with van der Waals surface area (Å²) >= 11 is 0. The van der Waals surface area contributed by atoms with Crippen molar-refractivity contribution >= 4 is 11.8 Å². The third kappa shape index (κ3) is 2.82. The van der Waals surface area contributed by atoms with Gasteiger partial charge >= 0.3 is 5.97 Å². The Morgan fingerprint density at radius 2 is 1.62 bits per heavy atom. The van der Waals surface area contributed by atoms with Gasteiger partial charge in [-0.3, -0.25) is 9.59 Å². The minimum Gasteiger partial charge on any atom is -0.507 e. The molecule has 0 spiro atoms. The molecule has 4 heteroatoms. The van der Waals surface area contributed by atoms with Gasteiger partial charge < -0.3 is 10.2 Å². The van der Waals surface area contributed by atoms with Crippen molar-refractivity contribution < 1.29 is 19.8 Å². The van der Waals surface area contributed by atoms with Gasteiger partial charge in [0.15, 0.2) is 5.78 Å². The number of rotatable bonds is 4. The second-order valence-electron chi connectivity index (χ2n) is 3.78. The number of carboxylic acid groups (broad SMARTS) is 1. The average Bonchev–Trinajstić information content (AvgIpc) is 2.21. The third-order valence-electron chi connectivity index (χ3n) is 2.38. The molecule has 86 valence electrons. The fourth-order valence-electron chi connectivity index (χ4n) is 1.48. The first kappa shape index (κ1) is 12.2. The van der Waals surface area contributed by atoms with Crippen molar-refractivity contribution in [2.45, 2.75) is 26.7 Å². The SMILES string of the molecule is Cc1cc(C(=O)CCC(=O)O)cc(C)c1O. The third-order valence-corrected chi connectivity index (χ3v) is 2.38. The Hall–Kier alpha value is -1.84. The van der Waals surface area contributed by atoms with E-state index in [-0.39, 0.29) is 24.4 Å². The number of phenols is 1. The van der Waals surface area contributed by atoms with Gasteiger partial charge in [-0.2, -0.15) is 0 Å². The highest BCUT2D eigenvalue weighted by Gasteiger charge is 2.11. The second kappa shape index (κ2) is 4.79. The minimum atomic E-state index is -0.986. The molecule has 4 nitrogen and oxygen atoms in total. The number of aliphatic carboxylic acids is 1. The van der Waals surface area contributed by atoms with Crippen LogP contribution < -0.4 is 0 Å². The maximum absolute atomic E-state index is 11.6. The molecular weight excluding hydrogens is 208 g/mol. The predicted molar refractivity (Wildman–Crippen MR) is 58.8 cm³/mol. The van der Waals surface area contributed by atoms with Crippen LogP contribution in [0, 0.1) is 13.8 Å². The molecule has 0 saturated heterocycles. The molecule has 1 aromatic carbocycles. The lowest BCUT2D eigenvalue weighted by molar-refractivity contribution is -0.136. The van der Waals surface area contributed by atoms with E-state index in [9.17, 15) is 14.7 Å². The zero-order chi connectivity index (χ0) is 12.3. The van der Waals surface area contributed by atoms with Crippen LogP contribution in [0.1, 0.15) is 34.3 Å².